The first-order chi connectivity index (χ1) is 10.3. The van der Waals surface area contributed by atoms with E-state index in [1.807, 2.05) is 52.0 Å². The number of thiazole rings is 1. The number of hydrogen-bond donors (Lipinski definition) is 1. The van der Waals surface area contributed by atoms with Crippen molar-refractivity contribution in [1.82, 2.24) is 4.98 Å². The van der Waals surface area contributed by atoms with Gasteiger partial charge in [0.05, 0.1) is 17.3 Å². The van der Waals surface area contributed by atoms with Crippen molar-refractivity contribution in [2.75, 3.05) is 6.61 Å². The van der Waals surface area contributed by atoms with Crippen molar-refractivity contribution in [2.45, 2.75) is 39.5 Å². The second kappa shape index (κ2) is 6.48. The highest BCUT2D eigenvalue weighted by Crippen LogP contribution is 2.31. The van der Waals surface area contributed by atoms with Crippen molar-refractivity contribution in [3.63, 3.8) is 0 Å². The third kappa shape index (κ3) is 3.65. The Kier molecular flexibility index (Phi) is 4.86. The lowest BCUT2D eigenvalue weighted by atomic mass is 9.98. The van der Waals surface area contributed by atoms with Gasteiger partial charge in [0.1, 0.15) is 10.6 Å². The van der Waals surface area contributed by atoms with E-state index in [4.69, 9.17) is 4.74 Å². The molecule has 0 aliphatic rings. The first kappa shape index (κ1) is 16.5. The number of hydrogen-bond acceptors (Lipinski definition) is 4. The van der Waals surface area contributed by atoms with E-state index in [9.17, 15) is 9.90 Å². The number of benzene rings is 1. The van der Waals surface area contributed by atoms with Crippen molar-refractivity contribution in [3.8, 4) is 5.75 Å². The summed E-state index contributed by atoms with van der Waals surface area (Å²) in [5, 5.41) is 10.3. The Bertz CT molecular complexity index is 671. The molecule has 0 spiro atoms. The van der Waals surface area contributed by atoms with E-state index < -0.39 is 5.97 Å². The molecular formula is C17H21NO3S. The van der Waals surface area contributed by atoms with E-state index in [1.165, 1.54) is 11.3 Å². The van der Waals surface area contributed by atoms with E-state index in [0.29, 0.717) is 23.6 Å². The van der Waals surface area contributed by atoms with Crippen molar-refractivity contribution >= 4 is 17.3 Å². The van der Waals surface area contributed by atoms with Crippen LogP contribution in [-0.4, -0.2) is 22.7 Å². The van der Waals surface area contributed by atoms with Gasteiger partial charge in [-0.15, -0.1) is 11.3 Å². The summed E-state index contributed by atoms with van der Waals surface area (Å²) < 4.78 is 5.61. The van der Waals surface area contributed by atoms with Gasteiger partial charge < -0.3 is 9.84 Å². The van der Waals surface area contributed by atoms with Crippen LogP contribution in [0.1, 0.15) is 53.6 Å². The molecule has 0 aliphatic heterocycles. The first-order valence-electron chi connectivity index (χ1n) is 7.27. The van der Waals surface area contributed by atoms with Crippen LogP contribution in [0.3, 0.4) is 0 Å². The lowest BCUT2D eigenvalue weighted by Gasteiger charge is -2.13. The lowest BCUT2D eigenvalue weighted by molar-refractivity contribution is 0.0701. The molecule has 22 heavy (non-hydrogen) atoms. The molecule has 118 valence electrons. The minimum Gasteiger partial charge on any atom is -0.494 e. The zero-order valence-electron chi connectivity index (χ0n) is 13.3. The molecule has 1 aromatic carbocycles. The van der Waals surface area contributed by atoms with Crippen LogP contribution in [0.15, 0.2) is 24.3 Å². The largest absolute Gasteiger partial charge is 0.494 e. The minimum atomic E-state index is -0.920. The van der Waals surface area contributed by atoms with Gasteiger partial charge in [-0.05, 0) is 13.0 Å². The van der Waals surface area contributed by atoms with Crippen LogP contribution in [0.4, 0.5) is 0 Å². The summed E-state index contributed by atoms with van der Waals surface area (Å²) in [6, 6.07) is 7.69. The average molecular weight is 319 g/mol. The van der Waals surface area contributed by atoms with Gasteiger partial charge in [0.15, 0.2) is 0 Å². The molecule has 0 amide bonds. The third-order valence-electron chi connectivity index (χ3n) is 3.16. The molecule has 0 saturated heterocycles. The maximum absolute atomic E-state index is 11.5. The van der Waals surface area contributed by atoms with Gasteiger partial charge in [-0.3, -0.25) is 0 Å². The number of aromatic nitrogens is 1. The predicted molar refractivity (Wildman–Crippen MR) is 88.2 cm³/mol. The zero-order chi connectivity index (χ0) is 16.3. The van der Waals surface area contributed by atoms with Crippen LogP contribution in [0.5, 0.6) is 5.75 Å². The molecule has 1 heterocycles. The van der Waals surface area contributed by atoms with Crippen molar-refractivity contribution < 1.29 is 14.6 Å². The molecule has 2 rings (SSSR count). The van der Waals surface area contributed by atoms with Crippen molar-refractivity contribution in [1.29, 1.82) is 0 Å². The summed E-state index contributed by atoms with van der Waals surface area (Å²) in [7, 11) is 0. The number of para-hydroxylation sites is 1. The molecule has 0 bridgehead atoms. The lowest BCUT2D eigenvalue weighted by Crippen LogP contribution is -2.10. The summed E-state index contributed by atoms with van der Waals surface area (Å²) in [5.74, 6) is -0.136. The molecule has 1 N–H and O–H groups in total. The average Bonchev–Trinajstić information content (AvgIpc) is 2.85. The summed E-state index contributed by atoms with van der Waals surface area (Å²) in [6.07, 6.45) is 0.463. The molecule has 1 aromatic heterocycles. The number of nitrogens with zero attached hydrogens (tertiary/aromatic N) is 1. The number of aromatic carboxylic acids is 1. The second-order valence-electron chi connectivity index (χ2n) is 6.07. The molecule has 0 saturated carbocycles. The smallest absolute Gasteiger partial charge is 0.347 e. The van der Waals surface area contributed by atoms with Crippen LogP contribution >= 0.6 is 11.3 Å². The third-order valence-corrected chi connectivity index (χ3v) is 4.67. The number of rotatable bonds is 5. The zero-order valence-corrected chi connectivity index (χ0v) is 14.2. The van der Waals surface area contributed by atoms with Crippen LogP contribution in [0, 0.1) is 0 Å². The molecule has 0 aliphatic carbocycles. The van der Waals surface area contributed by atoms with Gasteiger partial charge in [0, 0.05) is 17.4 Å². The van der Waals surface area contributed by atoms with Crippen molar-refractivity contribution in [2.24, 2.45) is 0 Å². The fourth-order valence-corrected chi connectivity index (χ4v) is 3.06. The van der Waals surface area contributed by atoms with Gasteiger partial charge in [0.2, 0.25) is 0 Å². The SMILES string of the molecule is CCOc1ccccc1Cc1nc(C(C)(C)C)sc1C(=O)O. The molecule has 0 unspecified atom stereocenters. The van der Waals surface area contributed by atoms with Crippen LogP contribution in [0.2, 0.25) is 0 Å². The van der Waals surface area contributed by atoms with Gasteiger partial charge in [-0.2, -0.15) is 0 Å². The molecule has 0 radical (unpaired) electrons. The predicted octanol–water partition coefficient (Wildman–Crippen LogP) is 4.13. The highest BCUT2D eigenvalue weighted by Gasteiger charge is 2.25. The molecule has 0 atom stereocenters. The Hall–Kier alpha value is -1.88. The standard InChI is InChI=1S/C17H21NO3S/c1-5-21-13-9-7-6-8-11(13)10-12-14(15(19)20)22-16(18-12)17(2,3)4/h6-9H,5,10H2,1-4H3,(H,19,20). The Morgan fingerprint density at radius 3 is 2.59 bits per heavy atom. The van der Waals surface area contributed by atoms with Gasteiger partial charge >= 0.3 is 5.97 Å². The van der Waals surface area contributed by atoms with E-state index in [1.54, 1.807) is 0 Å². The summed E-state index contributed by atoms with van der Waals surface area (Å²) >= 11 is 1.26. The molecular weight excluding hydrogens is 298 g/mol. The van der Waals surface area contributed by atoms with E-state index in [2.05, 4.69) is 4.98 Å². The minimum absolute atomic E-state index is 0.160. The summed E-state index contributed by atoms with van der Waals surface area (Å²) in [5.41, 5.74) is 1.40. The molecule has 5 heteroatoms. The van der Waals surface area contributed by atoms with Gasteiger partial charge in [-0.1, -0.05) is 39.0 Å². The Balaban J connectivity index is 2.41. The Morgan fingerprint density at radius 1 is 1.32 bits per heavy atom. The topological polar surface area (TPSA) is 59.4 Å². The fraction of sp³-hybridized carbons (Fsp3) is 0.412. The summed E-state index contributed by atoms with van der Waals surface area (Å²) in [6.45, 7) is 8.62. The maximum atomic E-state index is 11.5. The van der Waals surface area contributed by atoms with E-state index in [0.717, 1.165) is 16.3 Å². The fourth-order valence-electron chi connectivity index (χ4n) is 2.09. The van der Waals surface area contributed by atoms with E-state index >= 15 is 0 Å². The molecule has 0 fully saturated rings. The molecule has 2 aromatic rings. The van der Waals surface area contributed by atoms with Crippen LogP contribution in [0.25, 0.3) is 0 Å². The number of carboxylic acids is 1. The Morgan fingerprint density at radius 2 is 2.00 bits per heavy atom. The maximum Gasteiger partial charge on any atom is 0.347 e. The van der Waals surface area contributed by atoms with E-state index in [-0.39, 0.29) is 5.41 Å². The molecule has 4 nitrogen and oxygen atoms in total. The highest BCUT2D eigenvalue weighted by molar-refractivity contribution is 7.13. The normalized spacial score (nSPS) is 11.5. The van der Waals surface area contributed by atoms with Gasteiger partial charge in [0.25, 0.3) is 0 Å². The monoisotopic (exact) mass is 319 g/mol. The number of carbonyl (C=O) groups is 1. The number of carboxylic acid groups (broad SMARTS) is 1. The van der Waals surface area contributed by atoms with Crippen LogP contribution in [-0.2, 0) is 11.8 Å². The number of ether oxygens (including phenoxy) is 1. The highest BCUT2D eigenvalue weighted by atomic mass is 32.1. The van der Waals surface area contributed by atoms with Crippen molar-refractivity contribution in [3.05, 3.63) is 45.4 Å². The quantitative estimate of drug-likeness (QED) is 0.900. The first-order valence-corrected chi connectivity index (χ1v) is 8.08. The Labute approximate surface area is 134 Å². The van der Waals surface area contributed by atoms with Crippen LogP contribution < -0.4 is 4.74 Å². The van der Waals surface area contributed by atoms with Gasteiger partial charge in [-0.25, -0.2) is 9.78 Å². The second-order valence-corrected chi connectivity index (χ2v) is 7.07. The summed E-state index contributed by atoms with van der Waals surface area (Å²) in [4.78, 5) is 16.4.